The number of amides is 1. The quantitative estimate of drug-likeness (QED) is 0.891. The average molecular weight is 249 g/mol. The van der Waals surface area contributed by atoms with Crippen molar-refractivity contribution >= 4 is 5.91 Å². The molecule has 0 spiro atoms. The maximum absolute atomic E-state index is 11.8. The van der Waals surface area contributed by atoms with Crippen LogP contribution in [0.5, 0.6) is 0 Å². The second-order valence-corrected chi connectivity index (χ2v) is 5.54. The van der Waals surface area contributed by atoms with Gasteiger partial charge in [-0.1, -0.05) is 45.0 Å². The van der Waals surface area contributed by atoms with Crippen molar-refractivity contribution in [3.05, 3.63) is 35.4 Å². The summed E-state index contributed by atoms with van der Waals surface area (Å²) in [7, 11) is 1.67. The van der Waals surface area contributed by atoms with Crippen LogP contribution in [-0.4, -0.2) is 19.6 Å². The Labute approximate surface area is 110 Å². The summed E-state index contributed by atoms with van der Waals surface area (Å²) in [5.41, 5.74) is 1.92. The highest BCUT2D eigenvalue weighted by molar-refractivity contribution is 5.81. The Morgan fingerprint density at radius 1 is 1.33 bits per heavy atom. The summed E-state index contributed by atoms with van der Waals surface area (Å²) in [6.07, 6.45) is -0.0995. The molecule has 1 N–H and O–H groups in total. The number of carbonyl (C=O) groups is 1. The van der Waals surface area contributed by atoms with Gasteiger partial charge in [0.2, 0.25) is 5.91 Å². The van der Waals surface area contributed by atoms with Gasteiger partial charge in [-0.3, -0.25) is 4.79 Å². The van der Waals surface area contributed by atoms with Crippen LogP contribution in [0.3, 0.4) is 0 Å². The number of nitrogens with one attached hydrogen (secondary N) is 1. The number of ether oxygens (including phenoxy) is 1. The summed E-state index contributed by atoms with van der Waals surface area (Å²) in [6, 6.07) is 8.07. The van der Waals surface area contributed by atoms with Crippen molar-refractivity contribution < 1.29 is 9.53 Å². The van der Waals surface area contributed by atoms with E-state index in [2.05, 4.69) is 5.32 Å². The van der Waals surface area contributed by atoms with Gasteiger partial charge in [-0.25, -0.2) is 0 Å². The minimum Gasteiger partial charge on any atom is -0.375 e. The maximum Gasteiger partial charge on any atom is 0.225 e. The van der Waals surface area contributed by atoms with Gasteiger partial charge in [0.1, 0.15) is 0 Å². The lowest BCUT2D eigenvalue weighted by Gasteiger charge is -2.22. The van der Waals surface area contributed by atoms with Gasteiger partial charge in [0, 0.05) is 19.1 Å². The molecule has 1 aromatic rings. The van der Waals surface area contributed by atoms with Crippen LogP contribution in [0, 0.1) is 12.3 Å². The lowest BCUT2D eigenvalue weighted by atomic mass is 9.95. The zero-order valence-corrected chi connectivity index (χ0v) is 11.9. The highest BCUT2D eigenvalue weighted by atomic mass is 16.5. The monoisotopic (exact) mass is 249 g/mol. The van der Waals surface area contributed by atoms with E-state index in [0.29, 0.717) is 6.54 Å². The molecule has 1 aromatic carbocycles. The lowest BCUT2D eigenvalue weighted by Crippen LogP contribution is -2.37. The molecule has 0 bridgehead atoms. The number of methoxy groups -OCH3 is 1. The average Bonchev–Trinajstić information content (AvgIpc) is 2.30. The summed E-state index contributed by atoms with van der Waals surface area (Å²) in [5, 5.41) is 2.94. The Kier molecular flexibility index (Phi) is 4.91. The van der Waals surface area contributed by atoms with E-state index < -0.39 is 0 Å². The standard InChI is InChI=1S/C15H23NO2/c1-11-8-6-7-9-12(11)13(18-5)10-16-14(17)15(2,3)4/h6-9,13H,10H2,1-5H3,(H,16,17). The predicted molar refractivity (Wildman–Crippen MR) is 73.4 cm³/mol. The van der Waals surface area contributed by atoms with Crippen LogP contribution in [0.25, 0.3) is 0 Å². The third-order valence-corrected chi connectivity index (χ3v) is 2.95. The van der Waals surface area contributed by atoms with E-state index in [1.807, 2.05) is 52.0 Å². The first kappa shape index (κ1) is 14.7. The topological polar surface area (TPSA) is 38.3 Å². The number of hydrogen-bond acceptors (Lipinski definition) is 2. The SMILES string of the molecule is COC(CNC(=O)C(C)(C)C)c1ccccc1C. The molecule has 0 saturated heterocycles. The van der Waals surface area contributed by atoms with Gasteiger partial charge in [0.25, 0.3) is 0 Å². The Bertz CT molecular complexity index is 407. The van der Waals surface area contributed by atoms with Crippen LogP contribution < -0.4 is 5.32 Å². The molecule has 1 atom stereocenters. The predicted octanol–water partition coefficient (Wildman–Crippen LogP) is 2.84. The molecule has 0 fully saturated rings. The molecule has 1 rings (SSSR count). The molecule has 1 amide bonds. The Balaban J connectivity index is 2.70. The fourth-order valence-corrected chi connectivity index (χ4v) is 1.72. The molecule has 1 unspecified atom stereocenters. The van der Waals surface area contributed by atoms with Gasteiger partial charge in [-0.15, -0.1) is 0 Å². The van der Waals surface area contributed by atoms with Crippen molar-refractivity contribution in [2.45, 2.75) is 33.8 Å². The normalized spacial score (nSPS) is 13.2. The minimum absolute atomic E-state index is 0.0399. The van der Waals surface area contributed by atoms with Gasteiger partial charge in [0.15, 0.2) is 0 Å². The number of rotatable bonds is 4. The maximum atomic E-state index is 11.8. The van der Waals surface area contributed by atoms with Gasteiger partial charge < -0.3 is 10.1 Å². The Morgan fingerprint density at radius 2 is 1.94 bits per heavy atom. The summed E-state index contributed by atoms with van der Waals surface area (Å²) in [5.74, 6) is 0.0399. The van der Waals surface area contributed by atoms with Crippen LogP contribution in [0.2, 0.25) is 0 Å². The highest BCUT2D eigenvalue weighted by Crippen LogP contribution is 2.20. The van der Waals surface area contributed by atoms with Crippen LogP contribution in [0.4, 0.5) is 0 Å². The molecule has 3 heteroatoms. The second-order valence-electron chi connectivity index (χ2n) is 5.54. The molecule has 18 heavy (non-hydrogen) atoms. The van der Waals surface area contributed by atoms with Crippen molar-refractivity contribution in [2.75, 3.05) is 13.7 Å². The summed E-state index contributed by atoms with van der Waals surface area (Å²) < 4.78 is 5.47. The molecule has 0 radical (unpaired) electrons. The van der Waals surface area contributed by atoms with Gasteiger partial charge in [-0.05, 0) is 18.1 Å². The van der Waals surface area contributed by atoms with E-state index in [-0.39, 0.29) is 17.4 Å². The van der Waals surface area contributed by atoms with Crippen LogP contribution >= 0.6 is 0 Å². The first-order chi connectivity index (χ1) is 8.36. The molecule has 0 aliphatic carbocycles. The highest BCUT2D eigenvalue weighted by Gasteiger charge is 2.22. The van der Waals surface area contributed by atoms with Crippen LogP contribution in [0.1, 0.15) is 38.0 Å². The molecular formula is C15H23NO2. The Morgan fingerprint density at radius 3 is 2.44 bits per heavy atom. The van der Waals surface area contributed by atoms with Crippen molar-refractivity contribution in [1.29, 1.82) is 0 Å². The van der Waals surface area contributed by atoms with E-state index in [4.69, 9.17) is 4.74 Å². The number of aryl methyl sites for hydroxylation is 1. The van der Waals surface area contributed by atoms with Gasteiger partial charge in [0.05, 0.1) is 6.10 Å². The molecule has 0 aromatic heterocycles. The third-order valence-electron chi connectivity index (χ3n) is 2.95. The second kappa shape index (κ2) is 6.01. The van der Waals surface area contributed by atoms with Crippen LogP contribution in [-0.2, 0) is 9.53 Å². The van der Waals surface area contributed by atoms with Gasteiger partial charge in [-0.2, -0.15) is 0 Å². The number of carbonyl (C=O) groups excluding carboxylic acids is 1. The third kappa shape index (κ3) is 3.84. The minimum atomic E-state index is -0.371. The molecular weight excluding hydrogens is 226 g/mol. The fraction of sp³-hybridized carbons (Fsp3) is 0.533. The lowest BCUT2D eigenvalue weighted by molar-refractivity contribution is -0.129. The van der Waals surface area contributed by atoms with E-state index in [1.165, 1.54) is 5.56 Å². The summed E-state index contributed by atoms with van der Waals surface area (Å²) in [4.78, 5) is 11.8. The molecule has 0 heterocycles. The van der Waals surface area contributed by atoms with Crippen molar-refractivity contribution in [1.82, 2.24) is 5.32 Å². The number of hydrogen-bond donors (Lipinski definition) is 1. The molecule has 0 aliphatic rings. The molecule has 0 aliphatic heterocycles. The van der Waals surface area contributed by atoms with Crippen molar-refractivity contribution in [3.8, 4) is 0 Å². The van der Waals surface area contributed by atoms with Crippen LogP contribution in [0.15, 0.2) is 24.3 Å². The van der Waals surface area contributed by atoms with Gasteiger partial charge >= 0.3 is 0 Å². The first-order valence-corrected chi connectivity index (χ1v) is 6.23. The molecule has 0 saturated carbocycles. The van der Waals surface area contributed by atoms with Crippen molar-refractivity contribution in [3.63, 3.8) is 0 Å². The Hall–Kier alpha value is -1.35. The smallest absolute Gasteiger partial charge is 0.225 e. The zero-order valence-electron chi connectivity index (χ0n) is 11.9. The van der Waals surface area contributed by atoms with E-state index in [1.54, 1.807) is 7.11 Å². The molecule has 3 nitrogen and oxygen atoms in total. The summed E-state index contributed by atoms with van der Waals surface area (Å²) in [6.45, 7) is 8.25. The molecule has 100 valence electrons. The van der Waals surface area contributed by atoms with E-state index in [0.717, 1.165) is 5.56 Å². The largest absolute Gasteiger partial charge is 0.375 e. The number of benzene rings is 1. The van der Waals surface area contributed by atoms with E-state index >= 15 is 0 Å². The zero-order chi connectivity index (χ0) is 13.8. The van der Waals surface area contributed by atoms with E-state index in [9.17, 15) is 4.79 Å². The fourth-order valence-electron chi connectivity index (χ4n) is 1.72. The van der Waals surface area contributed by atoms with Crippen molar-refractivity contribution in [2.24, 2.45) is 5.41 Å². The summed E-state index contributed by atoms with van der Waals surface area (Å²) >= 11 is 0. The first-order valence-electron chi connectivity index (χ1n) is 6.23.